The largest absolute Gasteiger partial charge is 0.497 e. The molecule has 0 fully saturated rings. The fourth-order valence-corrected chi connectivity index (χ4v) is 3.52. The van der Waals surface area contributed by atoms with E-state index in [4.69, 9.17) is 9.72 Å². The van der Waals surface area contributed by atoms with Crippen molar-refractivity contribution in [2.75, 3.05) is 25.5 Å². The highest BCUT2D eigenvalue weighted by Gasteiger charge is 2.18. The number of carbonyl (C=O) groups is 2. The predicted octanol–water partition coefficient (Wildman–Crippen LogP) is 4.87. The first-order chi connectivity index (χ1) is 15.9. The Morgan fingerprint density at radius 2 is 1.73 bits per heavy atom. The minimum absolute atomic E-state index is 0.0137. The van der Waals surface area contributed by atoms with E-state index in [1.165, 1.54) is 10.5 Å². The normalized spacial score (nSPS) is 10.8. The first-order valence-corrected chi connectivity index (χ1v) is 11.3. The average molecular weight is 449 g/mol. The summed E-state index contributed by atoms with van der Waals surface area (Å²) in [6.07, 6.45) is 2.26. The SMILES string of the molecule is CCC(=O)N(CC)CC(=O)Nc1nc(-c2ccc(OC)cc2)cn1-c1ccc(C(C)C)cc1. The topological polar surface area (TPSA) is 76.5 Å². The minimum atomic E-state index is -0.286. The van der Waals surface area contributed by atoms with Gasteiger partial charge >= 0.3 is 0 Å². The Balaban J connectivity index is 1.94. The van der Waals surface area contributed by atoms with Gasteiger partial charge in [-0.2, -0.15) is 0 Å². The van der Waals surface area contributed by atoms with Crippen LogP contribution in [0.3, 0.4) is 0 Å². The molecule has 0 aliphatic rings. The maximum Gasteiger partial charge on any atom is 0.246 e. The first-order valence-electron chi connectivity index (χ1n) is 11.3. The maximum absolute atomic E-state index is 12.8. The number of anilines is 1. The Bertz CT molecular complexity index is 1090. The van der Waals surface area contributed by atoms with Gasteiger partial charge in [-0.05, 0) is 54.8 Å². The Morgan fingerprint density at radius 1 is 1.06 bits per heavy atom. The van der Waals surface area contributed by atoms with Gasteiger partial charge in [-0.1, -0.05) is 32.9 Å². The van der Waals surface area contributed by atoms with Gasteiger partial charge in [0.2, 0.25) is 17.8 Å². The number of amides is 2. The number of methoxy groups -OCH3 is 1. The third-order valence-corrected chi connectivity index (χ3v) is 5.55. The van der Waals surface area contributed by atoms with Crippen molar-refractivity contribution in [1.29, 1.82) is 0 Å². The molecule has 0 saturated heterocycles. The van der Waals surface area contributed by atoms with E-state index in [0.29, 0.717) is 24.8 Å². The van der Waals surface area contributed by atoms with Crippen LogP contribution in [0.15, 0.2) is 54.7 Å². The van der Waals surface area contributed by atoms with Crippen LogP contribution in [0.4, 0.5) is 5.95 Å². The molecule has 7 heteroatoms. The van der Waals surface area contributed by atoms with Crippen LogP contribution in [0.25, 0.3) is 16.9 Å². The number of carbonyl (C=O) groups excluding carboxylic acids is 2. The first kappa shape index (κ1) is 24.0. The summed E-state index contributed by atoms with van der Waals surface area (Å²) in [5.41, 5.74) is 3.74. The van der Waals surface area contributed by atoms with Crippen LogP contribution in [0.2, 0.25) is 0 Å². The molecule has 0 radical (unpaired) electrons. The summed E-state index contributed by atoms with van der Waals surface area (Å²) >= 11 is 0. The predicted molar refractivity (Wildman–Crippen MR) is 131 cm³/mol. The number of imidazole rings is 1. The van der Waals surface area contributed by atoms with Crippen LogP contribution in [-0.2, 0) is 9.59 Å². The number of hydrogen-bond acceptors (Lipinski definition) is 4. The van der Waals surface area contributed by atoms with Crippen molar-refractivity contribution < 1.29 is 14.3 Å². The molecular formula is C26H32N4O3. The van der Waals surface area contributed by atoms with E-state index in [1.807, 2.05) is 54.1 Å². The summed E-state index contributed by atoms with van der Waals surface area (Å²) in [6, 6.07) is 15.8. The molecule has 1 heterocycles. The highest BCUT2D eigenvalue weighted by Crippen LogP contribution is 2.27. The number of likely N-dealkylation sites (N-methyl/N-ethyl adjacent to an activating group) is 1. The van der Waals surface area contributed by atoms with Crippen molar-refractivity contribution in [3.05, 3.63) is 60.3 Å². The second-order valence-electron chi connectivity index (χ2n) is 8.10. The quantitative estimate of drug-likeness (QED) is 0.507. The van der Waals surface area contributed by atoms with Crippen LogP contribution in [0.5, 0.6) is 5.75 Å². The molecule has 0 unspecified atom stereocenters. The smallest absolute Gasteiger partial charge is 0.246 e. The number of aromatic nitrogens is 2. The molecule has 7 nitrogen and oxygen atoms in total. The lowest BCUT2D eigenvalue weighted by Crippen LogP contribution is -2.37. The van der Waals surface area contributed by atoms with Gasteiger partial charge in [0.05, 0.1) is 19.3 Å². The molecule has 0 aliphatic heterocycles. The van der Waals surface area contributed by atoms with Crippen LogP contribution < -0.4 is 10.1 Å². The summed E-state index contributed by atoms with van der Waals surface area (Å²) in [5.74, 6) is 1.25. The van der Waals surface area contributed by atoms with Gasteiger partial charge in [0.25, 0.3) is 0 Å². The molecule has 2 aromatic carbocycles. The zero-order valence-corrected chi connectivity index (χ0v) is 20.0. The summed E-state index contributed by atoms with van der Waals surface area (Å²) in [5, 5.41) is 2.90. The molecule has 0 aliphatic carbocycles. The zero-order chi connectivity index (χ0) is 24.0. The van der Waals surface area contributed by atoms with E-state index in [2.05, 4.69) is 31.3 Å². The van der Waals surface area contributed by atoms with Gasteiger partial charge in [0.1, 0.15) is 5.75 Å². The van der Waals surface area contributed by atoms with E-state index in [-0.39, 0.29) is 18.4 Å². The van der Waals surface area contributed by atoms with Gasteiger partial charge in [-0.25, -0.2) is 4.98 Å². The molecule has 0 spiro atoms. The number of nitrogens with one attached hydrogen (secondary N) is 1. The molecule has 2 amide bonds. The van der Waals surface area contributed by atoms with Crippen molar-refractivity contribution in [1.82, 2.24) is 14.5 Å². The van der Waals surface area contributed by atoms with E-state index < -0.39 is 0 Å². The van der Waals surface area contributed by atoms with Crippen molar-refractivity contribution in [3.63, 3.8) is 0 Å². The lowest BCUT2D eigenvalue weighted by atomic mass is 10.0. The van der Waals surface area contributed by atoms with Crippen LogP contribution in [0.1, 0.15) is 45.6 Å². The highest BCUT2D eigenvalue weighted by molar-refractivity contribution is 5.93. The molecule has 3 aromatic rings. The number of rotatable bonds is 9. The van der Waals surface area contributed by atoms with E-state index in [1.54, 1.807) is 14.0 Å². The molecule has 1 N–H and O–H groups in total. The van der Waals surface area contributed by atoms with Gasteiger partial charge in [-0.15, -0.1) is 0 Å². The zero-order valence-electron chi connectivity index (χ0n) is 20.0. The third-order valence-electron chi connectivity index (χ3n) is 5.55. The summed E-state index contributed by atoms with van der Waals surface area (Å²) in [4.78, 5) is 31.1. The Labute approximate surface area is 195 Å². The number of benzene rings is 2. The van der Waals surface area contributed by atoms with Crippen molar-refractivity contribution in [3.8, 4) is 22.7 Å². The van der Waals surface area contributed by atoms with Crippen LogP contribution in [-0.4, -0.2) is 46.5 Å². The second kappa shape index (κ2) is 10.8. The summed E-state index contributed by atoms with van der Waals surface area (Å²) < 4.78 is 7.11. The second-order valence-corrected chi connectivity index (χ2v) is 8.10. The lowest BCUT2D eigenvalue weighted by molar-refractivity contribution is -0.134. The number of nitrogens with zero attached hydrogens (tertiary/aromatic N) is 3. The Kier molecular flexibility index (Phi) is 7.87. The summed E-state index contributed by atoms with van der Waals surface area (Å²) in [7, 11) is 1.63. The maximum atomic E-state index is 12.8. The van der Waals surface area contributed by atoms with Crippen LogP contribution in [0, 0.1) is 0 Å². The highest BCUT2D eigenvalue weighted by atomic mass is 16.5. The standard InChI is InChI=1S/C26H32N4O3/c1-6-25(32)29(7-2)17-24(31)28-26-27-23(20-10-14-22(33-5)15-11-20)16-30(26)21-12-8-19(9-13-21)18(3)4/h8-16,18H,6-7,17H2,1-5H3,(H,27,28,31). The fraction of sp³-hybridized carbons (Fsp3) is 0.346. The Morgan fingerprint density at radius 3 is 2.27 bits per heavy atom. The minimum Gasteiger partial charge on any atom is -0.497 e. The van der Waals surface area contributed by atoms with Gasteiger partial charge < -0.3 is 9.64 Å². The van der Waals surface area contributed by atoms with Crippen molar-refractivity contribution >= 4 is 17.8 Å². The van der Waals surface area contributed by atoms with Gasteiger partial charge in [0.15, 0.2) is 0 Å². The molecule has 3 rings (SSSR count). The number of ether oxygens (including phenoxy) is 1. The average Bonchev–Trinajstić information content (AvgIpc) is 3.25. The molecule has 0 atom stereocenters. The Hall–Kier alpha value is -3.61. The van der Waals surface area contributed by atoms with Crippen molar-refractivity contribution in [2.24, 2.45) is 0 Å². The van der Waals surface area contributed by atoms with Gasteiger partial charge in [0, 0.05) is 30.4 Å². The van der Waals surface area contributed by atoms with Crippen molar-refractivity contribution in [2.45, 2.75) is 40.0 Å². The molecule has 174 valence electrons. The molecule has 0 bridgehead atoms. The van der Waals surface area contributed by atoms with E-state index in [0.717, 1.165) is 22.7 Å². The monoisotopic (exact) mass is 448 g/mol. The van der Waals surface area contributed by atoms with Crippen LogP contribution >= 0.6 is 0 Å². The lowest BCUT2D eigenvalue weighted by Gasteiger charge is -2.19. The van der Waals surface area contributed by atoms with Gasteiger partial charge in [-0.3, -0.25) is 19.5 Å². The molecule has 33 heavy (non-hydrogen) atoms. The summed E-state index contributed by atoms with van der Waals surface area (Å²) in [6.45, 7) is 8.41. The van der Waals surface area contributed by atoms with E-state index >= 15 is 0 Å². The molecule has 1 aromatic heterocycles. The third kappa shape index (κ3) is 5.80. The fourth-order valence-electron chi connectivity index (χ4n) is 3.52. The molecular weight excluding hydrogens is 416 g/mol. The number of hydrogen-bond donors (Lipinski definition) is 1. The van der Waals surface area contributed by atoms with E-state index in [9.17, 15) is 9.59 Å². The molecule has 0 saturated carbocycles.